The van der Waals surface area contributed by atoms with E-state index in [-0.39, 0.29) is 11.7 Å². The third-order valence-corrected chi connectivity index (χ3v) is 3.21. The predicted octanol–water partition coefficient (Wildman–Crippen LogP) is 0.0477. The van der Waals surface area contributed by atoms with Crippen LogP contribution in [0.25, 0.3) is 0 Å². The normalized spacial score (nSPS) is 16.4. The number of amidine groups is 1. The number of carbonyl (C=O) groups excluding carboxylic acids is 2. The first-order valence-corrected chi connectivity index (χ1v) is 6.75. The average Bonchev–Trinajstić information content (AvgIpc) is 2.50. The van der Waals surface area contributed by atoms with Crippen molar-refractivity contribution in [1.29, 1.82) is 5.41 Å². The highest BCUT2D eigenvalue weighted by Gasteiger charge is 2.40. The molecule has 1 aromatic rings. The minimum Gasteiger partial charge on any atom is -0.475 e. The number of aliphatic carboxylic acids is 1. The number of hydrogen-bond acceptors (Lipinski definition) is 4. The Hall–Kier alpha value is -3.11. The van der Waals surface area contributed by atoms with E-state index in [1.807, 2.05) is 6.07 Å². The fourth-order valence-electron chi connectivity index (χ4n) is 1.91. The van der Waals surface area contributed by atoms with Crippen molar-refractivity contribution in [2.24, 2.45) is 17.4 Å². The molecule has 1 aliphatic heterocycles. The summed E-state index contributed by atoms with van der Waals surface area (Å²) in [6.07, 6.45) is -5.08. The summed E-state index contributed by atoms with van der Waals surface area (Å²) in [7, 11) is 0. The van der Waals surface area contributed by atoms with Crippen molar-refractivity contribution in [2.75, 3.05) is 6.54 Å². The maximum Gasteiger partial charge on any atom is 0.490 e. The molecule has 136 valence electrons. The number of carbonyl (C=O) groups is 3. The van der Waals surface area contributed by atoms with Crippen LogP contribution >= 0.6 is 0 Å². The number of rotatable bonds is 4. The molecule has 0 aromatic heterocycles. The number of likely N-dealkylation sites (tertiary alicyclic amines) is 1. The van der Waals surface area contributed by atoms with Crippen molar-refractivity contribution in [2.45, 2.75) is 12.7 Å². The van der Waals surface area contributed by atoms with Crippen LogP contribution in [-0.2, 0) is 20.9 Å². The van der Waals surface area contributed by atoms with E-state index in [0.29, 0.717) is 18.7 Å². The summed E-state index contributed by atoms with van der Waals surface area (Å²) < 4.78 is 31.7. The number of primary amides is 1. The second-order valence-corrected chi connectivity index (χ2v) is 5.09. The lowest BCUT2D eigenvalue weighted by Gasteiger charge is -2.36. The molecular formula is C14H15F3N4O4. The monoisotopic (exact) mass is 360 g/mol. The van der Waals surface area contributed by atoms with Crippen molar-refractivity contribution in [3.8, 4) is 0 Å². The van der Waals surface area contributed by atoms with E-state index in [1.165, 1.54) is 0 Å². The first kappa shape index (κ1) is 19.9. The van der Waals surface area contributed by atoms with Crippen LogP contribution in [0.1, 0.15) is 11.1 Å². The maximum atomic E-state index is 11.6. The zero-order valence-corrected chi connectivity index (χ0v) is 12.7. The predicted molar refractivity (Wildman–Crippen MR) is 79.3 cm³/mol. The number of carboxylic acids is 1. The molecule has 1 aliphatic rings. The molecule has 0 saturated carbocycles. The lowest BCUT2D eigenvalue weighted by atomic mass is 9.97. The lowest BCUT2D eigenvalue weighted by Crippen LogP contribution is -2.56. The lowest BCUT2D eigenvalue weighted by molar-refractivity contribution is -0.192. The highest BCUT2D eigenvalue weighted by atomic mass is 19.4. The largest absolute Gasteiger partial charge is 0.490 e. The number of nitrogens with zero attached hydrogens (tertiary/aromatic N) is 1. The summed E-state index contributed by atoms with van der Waals surface area (Å²) in [6.45, 7) is 0.766. The molecule has 2 amide bonds. The highest BCUT2D eigenvalue weighted by molar-refractivity contribution is 6.04. The number of nitrogens with two attached hydrogens (primary N) is 2. The molecular weight excluding hydrogens is 345 g/mol. The average molecular weight is 360 g/mol. The topological polar surface area (TPSA) is 151 Å². The SMILES string of the molecule is N=C(N)c1cccc(CN2C[C@@H](C(N)=O)C2=O)c1.O=C(O)C(F)(F)F. The number of alkyl halides is 3. The van der Waals surface area contributed by atoms with E-state index in [1.54, 1.807) is 23.1 Å². The molecule has 1 heterocycles. The van der Waals surface area contributed by atoms with Gasteiger partial charge in [-0.05, 0) is 11.6 Å². The first-order chi connectivity index (χ1) is 11.4. The fourth-order valence-corrected chi connectivity index (χ4v) is 1.91. The third kappa shape index (κ3) is 5.48. The molecule has 2 rings (SSSR count). The van der Waals surface area contributed by atoms with Crippen molar-refractivity contribution in [3.05, 3.63) is 35.4 Å². The third-order valence-electron chi connectivity index (χ3n) is 3.21. The second-order valence-electron chi connectivity index (χ2n) is 5.09. The van der Waals surface area contributed by atoms with E-state index < -0.39 is 24.0 Å². The number of carboxylic acid groups (broad SMARTS) is 1. The minimum atomic E-state index is -5.08. The summed E-state index contributed by atoms with van der Waals surface area (Å²) in [5, 5.41) is 14.5. The molecule has 0 bridgehead atoms. The second kappa shape index (κ2) is 7.64. The van der Waals surface area contributed by atoms with Crippen LogP contribution in [0.4, 0.5) is 13.2 Å². The van der Waals surface area contributed by atoms with Crippen molar-refractivity contribution in [1.82, 2.24) is 4.90 Å². The Bertz CT molecular complexity index is 706. The van der Waals surface area contributed by atoms with Gasteiger partial charge in [-0.1, -0.05) is 18.2 Å². The molecule has 25 heavy (non-hydrogen) atoms. The van der Waals surface area contributed by atoms with Gasteiger partial charge in [-0.2, -0.15) is 13.2 Å². The van der Waals surface area contributed by atoms with Gasteiger partial charge >= 0.3 is 12.1 Å². The van der Waals surface area contributed by atoms with E-state index in [4.69, 9.17) is 26.8 Å². The molecule has 1 fully saturated rings. The molecule has 0 aliphatic carbocycles. The van der Waals surface area contributed by atoms with Crippen LogP contribution in [0, 0.1) is 11.3 Å². The molecule has 0 spiro atoms. The number of amides is 2. The van der Waals surface area contributed by atoms with Gasteiger partial charge in [-0.25, -0.2) is 4.79 Å². The number of benzene rings is 1. The summed E-state index contributed by atoms with van der Waals surface area (Å²) in [5.74, 6) is -4.26. The summed E-state index contributed by atoms with van der Waals surface area (Å²) in [6, 6.07) is 7.11. The van der Waals surface area contributed by atoms with Crippen molar-refractivity contribution < 1.29 is 32.7 Å². The van der Waals surface area contributed by atoms with Crippen LogP contribution in [0.5, 0.6) is 0 Å². The van der Waals surface area contributed by atoms with Gasteiger partial charge in [0.05, 0.1) is 0 Å². The molecule has 1 atom stereocenters. The molecule has 1 aromatic carbocycles. The standard InChI is InChI=1S/C12H14N4O2.C2HF3O2/c13-10(14)8-3-1-2-7(4-8)5-16-6-9(11(15)17)12(16)18;3-2(4,5)1(6)7/h1-4,9H,5-6H2,(H3,13,14)(H2,15,17);(H,6,7)/t9-;/m0./s1. The molecule has 0 radical (unpaired) electrons. The molecule has 0 unspecified atom stereocenters. The van der Waals surface area contributed by atoms with Gasteiger partial charge in [0.1, 0.15) is 11.8 Å². The number of halogens is 3. The Morgan fingerprint density at radius 1 is 1.32 bits per heavy atom. The zero-order valence-electron chi connectivity index (χ0n) is 12.7. The van der Waals surface area contributed by atoms with E-state index >= 15 is 0 Å². The van der Waals surface area contributed by atoms with Crippen molar-refractivity contribution >= 4 is 23.6 Å². The molecule has 6 N–H and O–H groups in total. The number of nitrogen functional groups attached to an aromatic ring is 1. The Labute approximate surface area is 139 Å². The van der Waals surface area contributed by atoms with Crippen molar-refractivity contribution in [3.63, 3.8) is 0 Å². The van der Waals surface area contributed by atoms with Crippen LogP contribution in [-0.4, -0.2) is 46.3 Å². The molecule has 1 saturated heterocycles. The van der Waals surface area contributed by atoms with E-state index in [2.05, 4.69) is 0 Å². The van der Waals surface area contributed by atoms with Crippen LogP contribution in [0.2, 0.25) is 0 Å². The van der Waals surface area contributed by atoms with Gasteiger partial charge in [0.2, 0.25) is 11.8 Å². The Morgan fingerprint density at radius 2 is 1.88 bits per heavy atom. The quantitative estimate of drug-likeness (QED) is 0.259. The Morgan fingerprint density at radius 3 is 2.28 bits per heavy atom. The fraction of sp³-hybridized carbons (Fsp3) is 0.286. The van der Waals surface area contributed by atoms with Gasteiger partial charge in [-0.3, -0.25) is 15.0 Å². The molecule has 11 heteroatoms. The zero-order chi connectivity index (χ0) is 19.4. The Balaban J connectivity index is 0.000000381. The van der Waals surface area contributed by atoms with Crippen LogP contribution in [0.3, 0.4) is 0 Å². The van der Waals surface area contributed by atoms with Crippen LogP contribution in [0.15, 0.2) is 24.3 Å². The van der Waals surface area contributed by atoms with Gasteiger partial charge in [0.15, 0.2) is 0 Å². The van der Waals surface area contributed by atoms with E-state index in [9.17, 15) is 22.8 Å². The summed E-state index contributed by atoms with van der Waals surface area (Å²) in [4.78, 5) is 32.9. The summed E-state index contributed by atoms with van der Waals surface area (Å²) >= 11 is 0. The number of hydrogen-bond donors (Lipinski definition) is 4. The van der Waals surface area contributed by atoms with Gasteiger partial charge in [-0.15, -0.1) is 0 Å². The smallest absolute Gasteiger partial charge is 0.475 e. The molecule has 8 nitrogen and oxygen atoms in total. The van der Waals surface area contributed by atoms with Gasteiger partial charge in [0, 0.05) is 18.7 Å². The first-order valence-electron chi connectivity index (χ1n) is 6.75. The van der Waals surface area contributed by atoms with E-state index in [0.717, 1.165) is 5.56 Å². The number of nitrogens with one attached hydrogen (secondary N) is 1. The van der Waals surface area contributed by atoms with Gasteiger partial charge < -0.3 is 21.5 Å². The van der Waals surface area contributed by atoms with Gasteiger partial charge in [0.25, 0.3) is 0 Å². The Kier molecular flexibility index (Phi) is 6.09. The minimum absolute atomic E-state index is 0.0122. The highest BCUT2D eigenvalue weighted by Crippen LogP contribution is 2.20. The number of β-lactam (4-membered cyclic amide) rings is 1. The summed E-state index contributed by atoms with van der Waals surface area (Å²) in [5.41, 5.74) is 12.0. The maximum absolute atomic E-state index is 11.6. The van der Waals surface area contributed by atoms with Crippen LogP contribution < -0.4 is 11.5 Å².